The lowest BCUT2D eigenvalue weighted by molar-refractivity contribution is 0.0594. The first kappa shape index (κ1) is 11.2. The minimum Gasteiger partial charge on any atom is -0.494 e. The number of carbonyl (C=O) groups is 1. The molecule has 87 valence electrons. The Labute approximate surface area is 97.6 Å². The zero-order valence-corrected chi connectivity index (χ0v) is 9.39. The number of hydrogen-bond donors (Lipinski definition) is 0. The SMILES string of the molecule is COC(=O)c1cc([O])c2cccc(OC)c2n1. The number of carbonyl (C=O) groups excluding carboxylic acids is 1. The maximum Gasteiger partial charge on any atom is 0.356 e. The summed E-state index contributed by atoms with van der Waals surface area (Å²) in [6, 6.07) is 6.17. The van der Waals surface area contributed by atoms with E-state index in [1.807, 2.05) is 0 Å². The summed E-state index contributed by atoms with van der Waals surface area (Å²) in [5.74, 6) is -0.477. The molecule has 0 saturated heterocycles. The molecule has 0 bridgehead atoms. The van der Waals surface area contributed by atoms with Crippen molar-refractivity contribution in [3.8, 4) is 11.5 Å². The smallest absolute Gasteiger partial charge is 0.356 e. The Morgan fingerprint density at radius 3 is 2.71 bits per heavy atom. The van der Waals surface area contributed by atoms with Crippen molar-refractivity contribution in [2.24, 2.45) is 0 Å². The number of fused-ring (bicyclic) bond motifs is 1. The summed E-state index contributed by atoms with van der Waals surface area (Å²) < 4.78 is 9.63. The third-order valence-electron chi connectivity index (χ3n) is 2.38. The van der Waals surface area contributed by atoms with Crippen molar-refractivity contribution in [1.82, 2.24) is 4.98 Å². The van der Waals surface area contributed by atoms with Gasteiger partial charge in [-0.3, -0.25) is 5.11 Å². The molecule has 17 heavy (non-hydrogen) atoms. The van der Waals surface area contributed by atoms with Gasteiger partial charge in [-0.25, -0.2) is 9.78 Å². The van der Waals surface area contributed by atoms with Gasteiger partial charge >= 0.3 is 5.97 Å². The van der Waals surface area contributed by atoms with Crippen LogP contribution in [-0.2, 0) is 9.84 Å². The number of para-hydroxylation sites is 1. The molecule has 0 atom stereocenters. The molecule has 0 N–H and O–H groups in total. The number of methoxy groups -OCH3 is 2. The van der Waals surface area contributed by atoms with Gasteiger partial charge in [0.15, 0.2) is 11.4 Å². The van der Waals surface area contributed by atoms with Crippen LogP contribution in [0.3, 0.4) is 0 Å². The second-order valence-corrected chi connectivity index (χ2v) is 3.35. The van der Waals surface area contributed by atoms with Gasteiger partial charge in [0.25, 0.3) is 0 Å². The Morgan fingerprint density at radius 2 is 2.06 bits per heavy atom. The summed E-state index contributed by atoms with van der Waals surface area (Å²) in [4.78, 5) is 15.4. The predicted molar refractivity (Wildman–Crippen MR) is 59.8 cm³/mol. The first-order valence-corrected chi connectivity index (χ1v) is 4.90. The van der Waals surface area contributed by atoms with E-state index in [1.165, 1.54) is 14.2 Å². The first-order valence-electron chi connectivity index (χ1n) is 4.90. The van der Waals surface area contributed by atoms with E-state index in [0.717, 1.165) is 6.07 Å². The van der Waals surface area contributed by atoms with Crippen molar-refractivity contribution in [3.05, 3.63) is 30.0 Å². The van der Waals surface area contributed by atoms with E-state index in [-0.39, 0.29) is 11.4 Å². The molecule has 5 nitrogen and oxygen atoms in total. The molecule has 0 fully saturated rings. The fourth-order valence-electron chi connectivity index (χ4n) is 1.56. The van der Waals surface area contributed by atoms with Crippen molar-refractivity contribution in [3.63, 3.8) is 0 Å². The molecule has 0 saturated carbocycles. The Kier molecular flexibility index (Phi) is 2.82. The van der Waals surface area contributed by atoms with Crippen LogP contribution in [0.4, 0.5) is 0 Å². The van der Waals surface area contributed by atoms with Crippen LogP contribution in [0, 0.1) is 0 Å². The van der Waals surface area contributed by atoms with Gasteiger partial charge in [-0.1, -0.05) is 6.07 Å². The van der Waals surface area contributed by atoms with Gasteiger partial charge in [-0.15, -0.1) is 0 Å². The molecule has 0 aliphatic carbocycles. The highest BCUT2D eigenvalue weighted by Gasteiger charge is 2.15. The van der Waals surface area contributed by atoms with Gasteiger partial charge in [0.2, 0.25) is 0 Å². The highest BCUT2D eigenvalue weighted by Crippen LogP contribution is 2.30. The zero-order valence-electron chi connectivity index (χ0n) is 9.39. The standard InChI is InChI=1S/C12H10NO4/c1-16-10-5-3-4-7-9(14)6-8(12(15)17-2)13-11(7)10/h3-6H,1-2H3. The number of nitrogens with zero attached hydrogens (tertiary/aromatic N) is 1. The highest BCUT2D eigenvalue weighted by molar-refractivity contribution is 5.95. The van der Waals surface area contributed by atoms with Crippen LogP contribution in [0.25, 0.3) is 10.9 Å². The van der Waals surface area contributed by atoms with Gasteiger partial charge in [0.1, 0.15) is 11.3 Å². The second-order valence-electron chi connectivity index (χ2n) is 3.35. The van der Waals surface area contributed by atoms with Gasteiger partial charge in [-0.2, -0.15) is 0 Å². The molecule has 1 aromatic heterocycles. The van der Waals surface area contributed by atoms with Crippen LogP contribution in [0.15, 0.2) is 24.3 Å². The van der Waals surface area contributed by atoms with Crippen LogP contribution < -0.4 is 4.74 Å². The molecule has 1 radical (unpaired) electrons. The molecule has 0 unspecified atom stereocenters. The Bertz CT molecular complexity index is 580. The van der Waals surface area contributed by atoms with Gasteiger partial charge in [-0.05, 0) is 12.1 Å². The Balaban J connectivity index is 2.74. The first-order chi connectivity index (χ1) is 8.17. The summed E-state index contributed by atoms with van der Waals surface area (Å²) in [5.41, 5.74) is 0.345. The summed E-state index contributed by atoms with van der Waals surface area (Å²) in [6.07, 6.45) is 0. The zero-order chi connectivity index (χ0) is 12.4. The number of esters is 1. The van der Waals surface area contributed by atoms with Gasteiger partial charge in [0, 0.05) is 6.07 Å². The highest BCUT2D eigenvalue weighted by atomic mass is 16.5. The maximum absolute atomic E-state index is 11.8. The molecule has 0 amide bonds. The van der Waals surface area contributed by atoms with Gasteiger partial charge < -0.3 is 9.47 Å². The lowest BCUT2D eigenvalue weighted by Crippen LogP contribution is -2.04. The minimum atomic E-state index is -0.644. The lowest BCUT2D eigenvalue weighted by Gasteiger charge is -2.06. The average Bonchev–Trinajstić information content (AvgIpc) is 2.37. The second kappa shape index (κ2) is 4.29. The molecular weight excluding hydrogens is 222 g/mol. The van der Waals surface area contributed by atoms with Gasteiger partial charge in [0.05, 0.1) is 19.6 Å². The van der Waals surface area contributed by atoms with Crippen LogP contribution in [0.1, 0.15) is 10.5 Å². The number of hydrogen-bond acceptors (Lipinski definition) is 4. The van der Waals surface area contributed by atoms with Crippen LogP contribution in [0.5, 0.6) is 11.5 Å². The van der Waals surface area contributed by atoms with E-state index >= 15 is 0 Å². The normalized spacial score (nSPS) is 10.2. The number of rotatable bonds is 2. The third kappa shape index (κ3) is 1.87. The van der Waals surface area contributed by atoms with E-state index in [9.17, 15) is 9.90 Å². The summed E-state index contributed by atoms with van der Waals surface area (Å²) in [7, 11) is 2.71. The molecule has 1 aromatic carbocycles. The van der Waals surface area contributed by atoms with Crippen molar-refractivity contribution in [2.75, 3.05) is 14.2 Å². The molecule has 0 spiro atoms. The average molecular weight is 232 g/mol. The fraction of sp³-hybridized carbons (Fsp3) is 0.167. The molecule has 0 aliphatic rings. The predicted octanol–water partition coefficient (Wildman–Crippen LogP) is 2.17. The van der Waals surface area contributed by atoms with E-state index in [4.69, 9.17) is 4.74 Å². The molecule has 0 aliphatic heterocycles. The maximum atomic E-state index is 11.8. The number of ether oxygens (including phenoxy) is 2. The van der Waals surface area contributed by atoms with Crippen LogP contribution in [0.2, 0.25) is 0 Å². The molecule has 5 heteroatoms. The van der Waals surface area contributed by atoms with Crippen molar-refractivity contribution >= 4 is 16.9 Å². The summed E-state index contributed by atoms with van der Waals surface area (Å²) in [6.45, 7) is 0. The number of benzene rings is 1. The molecular formula is C12H10NO4. The largest absolute Gasteiger partial charge is 0.494 e. The third-order valence-corrected chi connectivity index (χ3v) is 2.38. The molecule has 2 rings (SSSR count). The van der Waals surface area contributed by atoms with Crippen molar-refractivity contribution in [1.29, 1.82) is 0 Å². The van der Waals surface area contributed by atoms with E-state index < -0.39 is 5.97 Å². The molecule has 1 heterocycles. The van der Waals surface area contributed by atoms with E-state index in [1.54, 1.807) is 18.2 Å². The molecule has 2 aromatic rings. The quantitative estimate of drug-likeness (QED) is 0.744. The van der Waals surface area contributed by atoms with E-state index in [0.29, 0.717) is 16.7 Å². The number of aromatic nitrogens is 1. The Hall–Kier alpha value is -2.30. The van der Waals surface area contributed by atoms with Crippen molar-refractivity contribution < 1.29 is 19.4 Å². The van der Waals surface area contributed by atoms with Crippen LogP contribution in [-0.4, -0.2) is 25.2 Å². The summed E-state index contributed by atoms with van der Waals surface area (Å²) >= 11 is 0. The van der Waals surface area contributed by atoms with E-state index in [2.05, 4.69) is 9.72 Å². The monoisotopic (exact) mass is 232 g/mol. The lowest BCUT2D eigenvalue weighted by atomic mass is 10.1. The summed E-state index contributed by atoms with van der Waals surface area (Å²) in [5, 5.41) is 12.2. The topological polar surface area (TPSA) is 68.3 Å². The van der Waals surface area contributed by atoms with Crippen molar-refractivity contribution in [2.45, 2.75) is 0 Å². The fourth-order valence-corrected chi connectivity index (χ4v) is 1.56. The minimum absolute atomic E-state index is 0.0190. The van der Waals surface area contributed by atoms with Crippen LogP contribution >= 0.6 is 0 Å². The number of pyridine rings is 1. The Morgan fingerprint density at radius 1 is 1.29 bits per heavy atom.